The average molecular weight is 478 g/mol. The van der Waals surface area contributed by atoms with E-state index in [9.17, 15) is 9.59 Å². The molecule has 0 bridgehead atoms. The Labute approximate surface area is 189 Å². The fourth-order valence-corrected chi connectivity index (χ4v) is 3.70. The van der Waals surface area contributed by atoms with Crippen LogP contribution in [0.2, 0.25) is 15.1 Å². The van der Waals surface area contributed by atoms with Crippen molar-refractivity contribution in [3.63, 3.8) is 0 Å². The molecule has 0 spiro atoms. The lowest BCUT2D eigenvalue weighted by atomic mass is 10.2. The summed E-state index contributed by atoms with van der Waals surface area (Å²) < 4.78 is 1.11. The highest BCUT2D eigenvalue weighted by molar-refractivity contribution is 7.14. The van der Waals surface area contributed by atoms with E-state index in [-0.39, 0.29) is 16.0 Å². The lowest BCUT2D eigenvalue weighted by Crippen LogP contribution is -2.21. The van der Waals surface area contributed by atoms with E-state index < -0.39 is 5.56 Å². The molecule has 1 amide bonds. The molecule has 1 N–H and O–H groups in total. The summed E-state index contributed by atoms with van der Waals surface area (Å²) in [4.78, 5) is 29.1. The monoisotopic (exact) mass is 476 g/mol. The number of carbonyl (C=O) groups excluding carboxylic acids is 1. The van der Waals surface area contributed by atoms with Crippen molar-refractivity contribution in [3.8, 4) is 16.9 Å². The van der Waals surface area contributed by atoms with Gasteiger partial charge in [-0.1, -0.05) is 46.9 Å². The van der Waals surface area contributed by atoms with Crippen LogP contribution in [0.15, 0.2) is 64.9 Å². The smallest absolute Gasteiger partial charge is 0.291 e. The summed E-state index contributed by atoms with van der Waals surface area (Å²) in [5.74, 6) is -0.326. The molecule has 0 saturated carbocycles. The number of benzene rings is 2. The van der Waals surface area contributed by atoms with Gasteiger partial charge in [-0.25, -0.2) is 4.98 Å². The molecule has 0 aliphatic rings. The van der Waals surface area contributed by atoms with Crippen molar-refractivity contribution < 1.29 is 4.79 Å². The third-order valence-electron chi connectivity index (χ3n) is 4.12. The van der Waals surface area contributed by atoms with Crippen LogP contribution in [0.25, 0.3) is 16.9 Å². The number of anilines is 1. The van der Waals surface area contributed by atoms with Gasteiger partial charge in [-0.2, -0.15) is 9.78 Å². The van der Waals surface area contributed by atoms with Crippen molar-refractivity contribution in [1.82, 2.24) is 14.8 Å². The molecule has 30 heavy (non-hydrogen) atoms. The molecular formula is C20H11Cl3N4O2S. The number of hydrogen-bond acceptors (Lipinski definition) is 5. The van der Waals surface area contributed by atoms with Crippen LogP contribution in [-0.2, 0) is 0 Å². The lowest BCUT2D eigenvalue weighted by Gasteiger charge is -2.07. The molecule has 2 aromatic carbocycles. The summed E-state index contributed by atoms with van der Waals surface area (Å²) in [5, 5.41) is 9.65. The Morgan fingerprint density at radius 3 is 2.40 bits per heavy atom. The summed E-state index contributed by atoms with van der Waals surface area (Å²) in [6.07, 6.45) is 1.28. The van der Waals surface area contributed by atoms with Gasteiger partial charge >= 0.3 is 0 Å². The Kier molecular flexibility index (Phi) is 5.87. The first-order valence-corrected chi connectivity index (χ1v) is 10.5. The zero-order valence-corrected chi connectivity index (χ0v) is 18.1. The standard InChI is InChI=1S/C20H11Cl3N4O2S/c21-13-5-1-11(2-6-13)16-10-30-20(25-16)26-18(28)12-3-7-14(8-4-12)27-19(29)17(23)15(22)9-24-27/h1-10H,(H,25,26,28). The van der Waals surface area contributed by atoms with Crippen LogP contribution in [0.3, 0.4) is 0 Å². The molecule has 6 nitrogen and oxygen atoms in total. The van der Waals surface area contributed by atoms with E-state index in [1.165, 1.54) is 17.5 Å². The Bertz CT molecular complexity index is 1280. The zero-order valence-electron chi connectivity index (χ0n) is 15.0. The minimum absolute atomic E-state index is 0.0790. The van der Waals surface area contributed by atoms with E-state index in [1.807, 2.05) is 17.5 Å². The highest BCUT2D eigenvalue weighted by Gasteiger charge is 2.12. The maximum Gasteiger partial charge on any atom is 0.291 e. The molecule has 0 aliphatic carbocycles. The summed E-state index contributed by atoms with van der Waals surface area (Å²) in [5.41, 5.74) is 1.95. The van der Waals surface area contributed by atoms with Crippen molar-refractivity contribution in [3.05, 3.63) is 91.1 Å². The molecule has 2 heterocycles. The first kappa shape index (κ1) is 20.6. The number of amides is 1. The van der Waals surface area contributed by atoms with Crippen LogP contribution < -0.4 is 10.9 Å². The Morgan fingerprint density at radius 2 is 1.70 bits per heavy atom. The molecule has 2 aromatic heterocycles. The van der Waals surface area contributed by atoms with Gasteiger partial charge in [-0.3, -0.25) is 14.9 Å². The normalized spacial score (nSPS) is 10.8. The highest BCUT2D eigenvalue weighted by atomic mass is 35.5. The molecule has 0 radical (unpaired) electrons. The van der Waals surface area contributed by atoms with Gasteiger partial charge in [-0.15, -0.1) is 11.3 Å². The lowest BCUT2D eigenvalue weighted by molar-refractivity contribution is 0.102. The molecule has 0 aliphatic heterocycles. The summed E-state index contributed by atoms with van der Waals surface area (Å²) in [7, 11) is 0. The van der Waals surface area contributed by atoms with Crippen LogP contribution in [-0.4, -0.2) is 20.7 Å². The molecule has 4 aromatic rings. The van der Waals surface area contributed by atoms with Crippen molar-refractivity contribution in [2.45, 2.75) is 0 Å². The van der Waals surface area contributed by atoms with Crippen LogP contribution in [0, 0.1) is 0 Å². The molecule has 150 valence electrons. The van der Waals surface area contributed by atoms with Gasteiger partial charge in [-0.05, 0) is 36.4 Å². The molecule has 0 saturated heterocycles. The summed E-state index contributed by atoms with van der Waals surface area (Å²) in [6, 6.07) is 13.6. The first-order valence-electron chi connectivity index (χ1n) is 8.49. The van der Waals surface area contributed by atoms with Crippen LogP contribution in [0.5, 0.6) is 0 Å². The quantitative estimate of drug-likeness (QED) is 0.417. The minimum atomic E-state index is -0.543. The van der Waals surface area contributed by atoms with Gasteiger partial charge in [0.15, 0.2) is 5.13 Å². The average Bonchev–Trinajstić information content (AvgIpc) is 3.21. The number of rotatable bonds is 4. The van der Waals surface area contributed by atoms with Gasteiger partial charge in [0.1, 0.15) is 5.02 Å². The van der Waals surface area contributed by atoms with Gasteiger partial charge in [0.05, 0.1) is 22.6 Å². The number of carbonyl (C=O) groups is 1. The summed E-state index contributed by atoms with van der Waals surface area (Å²) in [6.45, 7) is 0. The predicted molar refractivity (Wildman–Crippen MR) is 120 cm³/mol. The van der Waals surface area contributed by atoms with E-state index in [0.29, 0.717) is 21.4 Å². The van der Waals surface area contributed by atoms with Gasteiger partial charge < -0.3 is 0 Å². The molecule has 0 fully saturated rings. The highest BCUT2D eigenvalue weighted by Crippen LogP contribution is 2.26. The Balaban J connectivity index is 1.50. The van der Waals surface area contributed by atoms with E-state index in [2.05, 4.69) is 15.4 Å². The van der Waals surface area contributed by atoms with E-state index >= 15 is 0 Å². The molecular weight excluding hydrogens is 467 g/mol. The topological polar surface area (TPSA) is 76.9 Å². The van der Waals surface area contributed by atoms with Gasteiger partial charge in [0.25, 0.3) is 11.5 Å². The van der Waals surface area contributed by atoms with Crippen molar-refractivity contribution >= 4 is 57.2 Å². The van der Waals surface area contributed by atoms with Crippen LogP contribution in [0.1, 0.15) is 10.4 Å². The molecule has 10 heteroatoms. The van der Waals surface area contributed by atoms with Crippen LogP contribution in [0.4, 0.5) is 5.13 Å². The Hall–Kier alpha value is -2.71. The van der Waals surface area contributed by atoms with Crippen molar-refractivity contribution in [1.29, 1.82) is 0 Å². The fraction of sp³-hybridized carbons (Fsp3) is 0. The Morgan fingerprint density at radius 1 is 1.00 bits per heavy atom. The van der Waals surface area contributed by atoms with E-state index in [0.717, 1.165) is 15.9 Å². The SMILES string of the molecule is O=C(Nc1nc(-c2ccc(Cl)cc2)cs1)c1ccc(-n2ncc(Cl)c(Cl)c2=O)cc1. The number of aromatic nitrogens is 3. The third-order valence-corrected chi connectivity index (χ3v) is 5.87. The third kappa shape index (κ3) is 4.24. The largest absolute Gasteiger partial charge is 0.298 e. The van der Waals surface area contributed by atoms with Gasteiger partial charge in [0, 0.05) is 21.5 Å². The summed E-state index contributed by atoms with van der Waals surface area (Å²) >= 11 is 18.9. The molecule has 4 rings (SSSR count). The second-order valence-electron chi connectivity index (χ2n) is 6.07. The number of thiazole rings is 1. The van der Waals surface area contributed by atoms with Gasteiger partial charge in [0.2, 0.25) is 0 Å². The first-order chi connectivity index (χ1) is 14.4. The molecule has 0 atom stereocenters. The fourth-order valence-electron chi connectivity index (χ4n) is 2.60. The van der Waals surface area contributed by atoms with Crippen LogP contribution >= 0.6 is 46.1 Å². The predicted octanol–water partition coefficient (Wildman–Crippen LogP) is 5.57. The number of halogens is 3. The van der Waals surface area contributed by atoms with E-state index in [1.54, 1.807) is 36.4 Å². The zero-order chi connectivity index (χ0) is 21.3. The molecule has 0 unspecified atom stereocenters. The number of nitrogens with one attached hydrogen (secondary N) is 1. The minimum Gasteiger partial charge on any atom is -0.298 e. The van der Waals surface area contributed by atoms with E-state index in [4.69, 9.17) is 34.8 Å². The van der Waals surface area contributed by atoms with Crippen molar-refractivity contribution in [2.75, 3.05) is 5.32 Å². The number of hydrogen-bond donors (Lipinski definition) is 1. The number of nitrogens with zero attached hydrogens (tertiary/aromatic N) is 3. The maximum atomic E-state index is 12.5. The van der Waals surface area contributed by atoms with Crippen molar-refractivity contribution in [2.24, 2.45) is 0 Å². The second kappa shape index (κ2) is 8.57. The maximum absolute atomic E-state index is 12.5. The second-order valence-corrected chi connectivity index (χ2v) is 8.15.